The van der Waals surface area contributed by atoms with Gasteiger partial charge in [0.15, 0.2) is 11.4 Å². The van der Waals surface area contributed by atoms with Gasteiger partial charge in [-0.1, -0.05) is 11.3 Å². The van der Waals surface area contributed by atoms with E-state index in [1.165, 1.54) is 48.2 Å². The lowest BCUT2D eigenvalue weighted by atomic mass is 10.2. The van der Waals surface area contributed by atoms with E-state index >= 15 is 0 Å². The van der Waals surface area contributed by atoms with E-state index in [2.05, 4.69) is 15.6 Å². The Labute approximate surface area is 167 Å². The molecule has 11 heteroatoms. The number of hydrogen-bond donors (Lipinski definition) is 1. The summed E-state index contributed by atoms with van der Waals surface area (Å²) in [6.07, 6.45) is -4.98. The van der Waals surface area contributed by atoms with E-state index in [1.807, 2.05) is 0 Å². The third kappa shape index (κ3) is 4.29. The van der Waals surface area contributed by atoms with E-state index < -0.39 is 29.3 Å². The fraction of sp³-hybridized carbons (Fsp3) is 0.158. The number of nitrogens with zero attached hydrogens (tertiary/aromatic N) is 4. The predicted octanol–water partition coefficient (Wildman–Crippen LogP) is 3.66. The van der Waals surface area contributed by atoms with Gasteiger partial charge in [-0.2, -0.15) is 13.2 Å². The number of rotatable bonds is 4. The molecule has 0 unspecified atom stereocenters. The molecular formula is C19H15F4N5O2. The number of alkyl halides is 3. The monoisotopic (exact) mass is 421 g/mol. The molecule has 1 aromatic heterocycles. The maximum atomic E-state index is 13.6. The van der Waals surface area contributed by atoms with Gasteiger partial charge in [0, 0.05) is 25.3 Å². The highest BCUT2D eigenvalue weighted by Gasteiger charge is 2.42. The van der Waals surface area contributed by atoms with Gasteiger partial charge in [0.25, 0.3) is 5.91 Å². The molecule has 0 fully saturated rings. The molecule has 3 rings (SSSR count). The van der Waals surface area contributed by atoms with Gasteiger partial charge in [-0.05, 0) is 42.5 Å². The van der Waals surface area contributed by atoms with E-state index in [0.29, 0.717) is 10.4 Å². The molecule has 1 N–H and O–H groups in total. The molecule has 0 atom stereocenters. The molecule has 0 aliphatic heterocycles. The fourth-order valence-electron chi connectivity index (χ4n) is 2.62. The maximum Gasteiger partial charge on any atom is 0.435 e. The van der Waals surface area contributed by atoms with Crippen molar-refractivity contribution in [2.75, 3.05) is 17.3 Å². The predicted molar refractivity (Wildman–Crippen MR) is 99.8 cm³/mol. The second-order valence-electron chi connectivity index (χ2n) is 6.26. The van der Waals surface area contributed by atoms with Crippen molar-refractivity contribution in [3.05, 3.63) is 65.7 Å². The summed E-state index contributed by atoms with van der Waals surface area (Å²) < 4.78 is 54.7. The van der Waals surface area contributed by atoms with Crippen molar-refractivity contribution in [1.29, 1.82) is 0 Å². The minimum atomic E-state index is -4.98. The van der Waals surface area contributed by atoms with E-state index in [0.717, 1.165) is 12.1 Å². The van der Waals surface area contributed by atoms with Crippen LogP contribution in [0.2, 0.25) is 0 Å². The average Bonchev–Trinajstić information content (AvgIpc) is 3.14. The van der Waals surface area contributed by atoms with Crippen LogP contribution in [-0.4, -0.2) is 33.9 Å². The first-order chi connectivity index (χ1) is 14.1. The Morgan fingerprint density at radius 1 is 1.10 bits per heavy atom. The quantitative estimate of drug-likeness (QED) is 0.652. The Morgan fingerprint density at radius 2 is 1.77 bits per heavy atom. The van der Waals surface area contributed by atoms with E-state index in [1.54, 1.807) is 7.05 Å². The fourth-order valence-corrected chi connectivity index (χ4v) is 2.62. The van der Waals surface area contributed by atoms with Gasteiger partial charge in [-0.3, -0.25) is 9.59 Å². The molecular weight excluding hydrogens is 406 g/mol. The van der Waals surface area contributed by atoms with Gasteiger partial charge in [0.1, 0.15) is 5.82 Å². The molecule has 156 valence electrons. The van der Waals surface area contributed by atoms with Gasteiger partial charge >= 0.3 is 6.18 Å². The SMILES string of the molecule is CC(=O)N(C)c1ccc(NC(=O)c2nnn(-c3cccc(F)c3)c2C(F)(F)F)cc1. The summed E-state index contributed by atoms with van der Waals surface area (Å²) in [7, 11) is 1.55. The summed E-state index contributed by atoms with van der Waals surface area (Å²) in [4.78, 5) is 25.2. The van der Waals surface area contributed by atoms with Crippen molar-refractivity contribution >= 4 is 23.2 Å². The molecule has 2 amide bonds. The topological polar surface area (TPSA) is 80.1 Å². The summed E-state index contributed by atoms with van der Waals surface area (Å²) in [6.45, 7) is 1.37. The highest BCUT2D eigenvalue weighted by Crippen LogP contribution is 2.33. The molecule has 0 bridgehead atoms. The Kier molecular flexibility index (Phi) is 5.54. The van der Waals surface area contributed by atoms with Crippen LogP contribution in [0.3, 0.4) is 0 Å². The highest BCUT2D eigenvalue weighted by molar-refractivity contribution is 6.04. The molecule has 0 aliphatic carbocycles. The first kappa shape index (κ1) is 21.0. The molecule has 2 aromatic carbocycles. The first-order valence-corrected chi connectivity index (χ1v) is 8.52. The number of benzene rings is 2. The van der Waals surface area contributed by atoms with Crippen LogP contribution in [0.1, 0.15) is 23.1 Å². The third-order valence-electron chi connectivity index (χ3n) is 4.19. The number of aromatic nitrogens is 3. The number of nitrogens with one attached hydrogen (secondary N) is 1. The Bertz CT molecular complexity index is 1090. The van der Waals surface area contributed by atoms with Crippen molar-refractivity contribution in [3.63, 3.8) is 0 Å². The zero-order valence-corrected chi connectivity index (χ0v) is 15.7. The van der Waals surface area contributed by atoms with Gasteiger partial charge < -0.3 is 10.2 Å². The van der Waals surface area contributed by atoms with Crippen molar-refractivity contribution in [2.24, 2.45) is 0 Å². The molecule has 30 heavy (non-hydrogen) atoms. The smallest absolute Gasteiger partial charge is 0.321 e. The lowest BCUT2D eigenvalue weighted by molar-refractivity contribution is -0.143. The Morgan fingerprint density at radius 3 is 2.33 bits per heavy atom. The first-order valence-electron chi connectivity index (χ1n) is 8.52. The second kappa shape index (κ2) is 7.93. The number of carbonyl (C=O) groups excluding carboxylic acids is 2. The number of hydrogen-bond acceptors (Lipinski definition) is 4. The highest BCUT2D eigenvalue weighted by atomic mass is 19.4. The van der Waals surface area contributed by atoms with Crippen LogP contribution < -0.4 is 10.2 Å². The largest absolute Gasteiger partial charge is 0.435 e. The molecule has 0 saturated heterocycles. The molecule has 1 heterocycles. The zero-order chi connectivity index (χ0) is 22.1. The van der Waals surface area contributed by atoms with Crippen LogP contribution in [-0.2, 0) is 11.0 Å². The van der Waals surface area contributed by atoms with Crippen LogP contribution in [0.15, 0.2) is 48.5 Å². The van der Waals surface area contributed by atoms with Crippen LogP contribution in [0.5, 0.6) is 0 Å². The minimum Gasteiger partial charge on any atom is -0.321 e. The van der Waals surface area contributed by atoms with E-state index in [4.69, 9.17) is 0 Å². The number of carbonyl (C=O) groups is 2. The van der Waals surface area contributed by atoms with Crippen molar-refractivity contribution < 1.29 is 27.2 Å². The van der Waals surface area contributed by atoms with Crippen LogP contribution in [0.4, 0.5) is 28.9 Å². The standard InChI is InChI=1S/C19H15F4N5O2/c1-11(29)27(2)14-8-6-13(7-9-14)24-18(30)16-17(19(21,22)23)28(26-25-16)15-5-3-4-12(20)10-15/h3-10H,1-2H3,(H,24,30). The summed E-state index contributed by atoms with van der Waals surface area (Å²) >= 11 is 0. The normalized spacial score (nSPS) is 11.3. The molecule has 7 nitrogen and oxygen atoms in total. The van der Waals surface area contributed by atoms with Crippen LogP contribution in [0.25, 0.3) is 5.69 Å². The van der Waals surface area contributed by atoms with Crippen LogP contribution >= 0.6 is 0 Å². The summed E-state index contributed by atoms with van der Waals surface area (Å²) in [6, 6.07) is 10.2. The molecule has 0 radical (unpaired) electrons. The average molecular weight is 421 g/mol. The lowest BCUT2D eigenvalue weighted by Crippen LogP contribution is -2.23. The molecule has 0 spiro atoms. The Hall–Kier alpha value is -3.76. The van der Waals surface area contributed by atoms with E-state index in [9.17, 15) is 27.2 Å². The van der Waals surface area contributed by atoms with Crippen molar-refractivity contribution in [3.8, 4) is 5.69 Å². The zero-order valence-electron chi connectivity index (χ0n) is 15.7. The Balaban J connectivity index is 1.92. The van der Waals surface area contributed by atoms with Crippen LogP contribution in [0, 0.1) is 5.82 Å². The minimum absolute atomic E-state index is 0.189. The van der Waals surface area contributed by atoms with Gasteiger partial charge in [0.05, 0.1) is 5.69 Å². The lowest BCUT2D eigenvalue weighted by Gasteiger charge is -2.15. The number of anilines is 2. The number of amides is 2. The van der Waals surface area contributed by atoms with Gasteiger partial charge in [0.2, 0.25) is 5.91 Å². The van der Waals surface area contributed by atoms with Crippen molar-refractivity contribution in [2.45, 2.75) is 13.1 Å². The molecule has 3 aromatic rings. The maximum absolute atomic E-state index is 13.6. The summed E-state index contributed by atoms with van der Waals surface area (Å²) in [5, 5.41) is 9.06. The third-order valence-corrected chi connectivity index (χ3v) is 4.19. The summed E-state index contributed by atoms with van der Waals surface area (Å²) in [5.74, 6) is -2.12. The van der Waals surface area contributed by atoms with Gasteiger partial charge in [-0.25, -0.2) is 9.07 Å². The second-order valence-corrected chi connectivity index (χ2v) is 6.26. The van der Waals surface area contributed by atoms with Crippen molar-refractivity contribution in [1.82, 2.24) is 15.0 Å². The molecule has 0 saturated carbocycles. The number of halogens is 4. The molecule has 0 aliphatic rings. The van der Waals surface area contributed by atoms with E-state index in [-0.39, 0.29) is 17.3 Å². The van der Waals surface area contributed by atoms with Gasteiger partial charge in [-0.15, -0.1) is 5.10 Å². The summed E-state index contributed by atoms with van der Waals surface area (Å²) in [5.41, 5.74) is -1.90.